The number of nitrogens with zero attached hydrogens (tertiary/aromatic N) is 4. The normalized spacial score (nSPS) is 11.1. The van der Waals surface area contributed by atoms with Gasteiger partial charge in [-0.3, -0.25) is 14.2 Å². The summed E-state index contributed by atoms with van der Waals surface area (Å²) in [5.41, 5.74) is 0.921. The van der Waals surface area contributed by atoms with Crippen LogP contribution in [0, 0.1) is 0 Å². The van der Waals surface area contributed by atoms with Crippen LogP contribution in [0.2, 0.25) is 0 Å². The summed E-state index contributed by atoms with van der Waals surface area (Å²) in [4.78, 5) is 30.7. The number of amides is 1. The number of nitrogens with one attached hydrogen (secondary N) is 1. The molecule has 2 heterocycles. The molecule has 2 aromatic heterocycles. The summed E-state index contributed by atoms with van der Waals surface area (Å²) < 4.78 is 8.70. The topological polar surface area (TPSA) is 91.0 Å². The highest BCUT2D eigenvalue weighted by molar-refractivity contribution is 7.99. The van der Waals surface area contributed by atoms with E-state index in [1.54, 1.807) is 54.4 Å². The largest absolute Gasteiger partial charge is 0.495 e. The molecular weight excluding hydrogens is 426 g/mol. The molecule has 0 fully saturated rings. The summed E-state index contributed by atoms with van der Waals surface area (Å²) in [5.74, 6) is 1.02. The smallest absolute Gasteiger partial charge is 0.266 e. The van der Waals surface area contributed by atoms with Crippen molar-refractivity contribution in [2.24, 2.45) is 0 Å². The van der Waals surface area contributed by atoms with Gasteiger partial charge in [-0.2, -0.15) is 5.10 Å². The van der Waals surface area contributed by atoms with Crippen molar-refractivity contribution in [1.29, 1.82) is 0 Å². The second-order valence-corrected chi connectivity index (χ2v) is 8.26. The van der Waals surface area contributed by atoms with Gasteiger partial charge in [0.05, 0.1) is 35.6 Å². The molecule has 164 valence electrons. The van der Waals surface area contributed by atoms with Crippen molar-refractivity contribution in [3.05, 3.63) is 71.1 Å². The van der Waals surface area contributed by atoms with Crippen molar-refractivity contribution in [2.75, 3.05) is 18.2 Å². The molecule has 8 nitrogen and oxygen atoms in total. The van der Waals surface area contributed by atoms with Crippen LogP contribution < -0.4 is 15.6 Å². The summed E-state index contributed by atoms with van der Waals surface area (Å²) in [5, 5.41) is 8.01. The first-order chi connectivity index (χ1) is 15.5. The number of rotatable bonds is 7. The molecule has 1 amide bonds. The van der Waals surface area contributed by atoms with E-state index in [0.717, 1.165) is 0 Å². The van der Waals surface area contributed by atoms with E-state index >= 15 is 0 Å². The Kier molecular flexibility index (Phi) is 6.27. The highest BCUT2D eigenvalue weighted by Crippen LogP contribution is 2.27. The third-order valence-corrected chi connectivity index (χ3v) is 5.77. The third-order valence-electron chi connectivity index (χ3n) is 4.83. The summed E-state index contributed by atoms with van der Waals surface area (Å²) in [7, 11) is 1.55. The van der Waals surface area contributed by atoms with E-state index in [4.69, 9.17) is 4.74 Å². The van der Waals surface area contributed by atoms with E-state index < -0.39 is 0 Å². The summed E-state index contributed by atoms with van der Waals surface area (Å²) in [6, 6.07) is 16.3. The number of hydrogen-bond acceptors (Lipinski definition) is 6. The molecule has 0 aliphatic rings. The Hall–Kier alpha value is -3.59. The summed E-state index contributed by atoms with van der Waals surface area (Å²) in [6.07, 6.45) is 1.65. The van der Waals surface area contributed by atoms with E-state index in [1.807, 2.05) is 32.0 Å². The Balaban J connectivity index is 1.69. The fourth-order valence-electron chi connectivity index (χ4n) is 3.37. The number of hydrogen-bond donors (Lipinski definition) is 1. The molecule has 1 N–H and O–H groups in total. The van der Waals surface area contributed by atoms with Gasteiger partial charge < -0.3 is 10.1 Å². The van der Waals surface area contributed by atoms with Crippen molar-refractivity contribution in [3.8, 4) is 11.4 Å². The first-order valence-corrected chi connectivity index (χ1v) is 11.1. The van der Waals surface area contributed by atoms with Crippen LogP contribution in [0.25, 0.3) is 16.6 Å². The maximum absolute atomic E-state index is 13.4. The second-order valence-electron chi connectivity index (χ2n) is 7.32. The van der Waals surface area contributed by atoms with Gasteiger partial charge in [-0.05, 0) is 38.1 Å². The van der Waals surface area contributed by atoms with Crippen molar-refractivity contribution < 1.29 is 9.53 Å². The van der Waals surface area contributed by atoms with Gasteiger partial charge in [0.25, 0.3) is 5.56 Å². The summed E-state index contributed by atoms with van der Waals surface area (Å²) >= 11 is 1.19. The minimum Gasteiger partial charge on any atom is -0.495 e. The maximum atomic E-state index is 13.4. The molecule has 4 rings (SSSR count). The van der Waals surface area contributed by atoms with Crippen LogP contribution in [0.15, 0.2) is 70.7 Å². The Bertz CT molecular complexity index is 1330. The minimum atomic E-state index is -0.221. The van der Waals surface area contributed by atoms with Gasteiger partial charge in [-0.25, -0.2) is 9.67 Å². The van der Waals surface area contributed by atoms with Gasteiger partial charge in [0.15, 0.2) is 5.16 Å². The number of ether oxygens (including phenoxy) is 1. The second kappa shape index (κ2) is 9.27. The van der Waals surface area contributed by atoms with Crippen LogP contribution in [-0.4, -0.2) is 38.1 Å². The molecule has 9 heteroatoms. The molecule has 0 aliphatic heterocycles. The van der Waals surface area contributed by atoms with E-state index in [2.05, 4.69) is 15.4 Å². The number of aromatic nitrogens is 4. The quantitative estimate of drug-likeness (QED) is 0.340. The standard InChI is InChI=1S/C23H23N5O3S/c1-15(2)28-20(12-13-24-28)26-21(29)14-32-23-25-17-9-5-4-8-16(17)22(30)27(23)18-10-6-7-11-19(18)31-3/h4-13,15H,14H2,1-3H3,(H,26,29). The fraction of sp³-hybridized carbons (Fsp3) is 0.217. The van der Waals surface area contributed by atoms with E-state index in [0.29, 0.717) is 33.3 Å². The molecule has 0 aliphatic carbocycles. The Morgan fingerprint density at radius 2 is 1.88 bits per heavy atom. The van der Waals surface area contributed by atoms with Crippen LogP contribution in [0.1, 0.15) is 19.9 Å². The molecule has 0 atom stereocenters. The number of para-hydroxylation sites is 3. The van der Waals surface area contributed by atoms with E-state index in [-0.39, 0.29) is 23.3 Å². The first-order valence-electron chi connectivity index (χ1n) is 10.1. The number of methoxy groups -OCH3 is 1. The molecule has 0 bridgehead atoms. The molecule has 2 aromatic carbocycles. The zero-order chi connectivity index (χ0) is 22.7. The number of benzene rings is 2. The summed E-state index contributed by atoms with van der Waals surface area (Å²) in [6.45, 7) is 3.98. The molecule has 0 radical (unpaired) electrons. The van der Waals surface area contributed by atoms with Crippen LogP contribution in [0.5, 0.6) is 5.75 Å². The van der Waals surface area contributed by atoms with Crippen LogP contribution >= 0.6 is 11.8 Å². The van der Waals surface area contributed by atoms with E-state index in [9.17, 15) is 9.59 Å². The van der Waals surface area contributed by atoms with Gasteiger partial charge in [0.2, 0.25) is 5.91 Å². The lowest BCUT2D eigenvalue weighted by Gasteiger charge is -2.16. The highest BCUT2D eigenvalue weighted by atomic mass is 32.2. The molecule has 0 saturated carbocycles. The van der Waals surface area contributed by atoms with Gasteiger partial charge in [-0.1, -0.05) is 36.0 Å². The Labute approximate surface area is 189 Å². The number of carbonyl (C=O) groups excluding carboxylic acids is 1. The van der Waals surface area contributed by atoms with Crippen LogP contribution in [0.3, 0.4) is 0 Å². The number of thioether (sulfide) groups is 1. The number of carbonyl (C=O) groups is 1. The van der Waals surface area contributed by atoms with Crippen molar-refractivity contribution in [1.82, 2.24) is 19.3 Å². The molecular formula is C23H23N5O3S. The Morgan fingerprint density at radius 1 is 1.12 bits per heavy atom. The number of fused-ring (bicyclic) bond motifs is 1. The van der Waals surface area contributed by atoms with Gasteiger partial charge in [0, 0.05) is 12.1 Å². The van der Waals surface area contributed by atoms with Gasteiger partial charge >= 0.3 is 0 Å². The Morgan fingerprint density at radius 3 is 2.66 bits per heavy atom. The molecule has 4 aromatic rings. The predicted molar refractivity (Wildman–Crippen MR) is 126 cm³/mol. The van der Waals surface area contributed by atoms with Crippen molar-refractivity contribution >= 4 is 34.4 Å². The fourth-order valence-corrected chi connectivity index (χ4v) is 4.18. The monoisotopic (exact) mass is 449 g/mol. The first kappa shape index (κ1) is 21.6. The molecule has 0 spiro atoms. The van der Waals surface area contributed by atoms with Crippen LogP contribution in [-0.2, 0) is 4.79 Å². The minimum absolute atomic E-state index is 0.0726. The average molecular weight is 450 g/mol. The lowest BCUT2D eigenvalue weighted by atomic mass is 10.2. The average Bonchev–Trinajstić information content (AvgIpc) is 3.26. The molecule has 32 heavy (non-hydrogen) atoms. The van der Waals surface area contributed by atoms with Crippen molar-refractivity contribution in [3.63, 3.8) is 0 Å². The lowest BCUT2D eigenvalue weighted by Crippen LogP contribution is -2.23. The molecule has 0 unspecified atom stereocenters. The van der Waals surface area contributed by atoms with Crippen LogP contribution in [0.4, 0.5) is 5.82 Å². The zero-order valence-electron chi connectivity index (χ0n) is 18.0. The lowest BCUT2D eigenvalue weighted by molar-refractivity contribution is -0.113. The SMILES string of the molecule is COc1ccccc1-n1c(SCC(=O)Nc2ccnn2C(C)C)nc2ccccc2c1=O. The van der Waals surface area contributed by atoms with Gasteiger partial charge in [0.1, 0.15) is 11.6 Å². The zero-order valence-corrected chi connectivity index (χ0v) is 18.8. The van der Waals surface area contributed by atoms with Crippen molar-refractivity contribution in [2.45, 2.75) is 25.0 Å². The van der Waals surface area contributed by atoms with E-state index in [1.165, 1.54) is 16.3 Å². The highest BCUT2D eigenvalue weighted by Gasteiger charge is 2.18. The molecule has 0 saturated heterocycles. The predicted octanol–water partition coefficient (Wildman–Crippen LogP) is 3.90. The third kappa shape index (κ3) is 4.24. The maximum Gasteiger partial charge on any atom is 0.266 e. The van der Waals surface area contributed by atoms with Gasteiger partial charge in [-0.15, -0.1) is 0 Å². The number of anilines is 1.